The van der Waals surface area contributed by atoms with Crippen molar-refractivity contribution in [1.82, 2.24) is 15.4 Å². The summed E-state index contributed by atoms with van der Waals surface area (Å²) in [5, 5.41) is 10.8. The van der Waals surface area contributed by atoms with Gasteiger partial charge in [0.2, 0.25) is 0 Å². The Hall–Kier alpha value is -1.45. The highest BCUT2D eigenvalue weighted by Crippen LogP contribution is 2.17. The minimum absolute atomic E-state index is 0.598. The molecule has 0 atom stereocenters. The summed E-state index contributed by atoms with van der Waals surface area (Å²) < 4.78 is 5.17. The molecule has 1 aromatic rings. The molecule has 1 aromatic heterocycles. The predicted octanol–water partition coefficient (Wildman–Crippen LogP) is 0.277. The molecule has 0 unspecified atom stereocenters. The molecule has 0 aliphatic carbocycles. The molecule has 2 heterocycles. The van der Waals surface area contributed by atoms with Crippen LogP contribution < -0.4 is 4.74 Å². The molecule has 0 aromatic carbocycles. The Morgan fingerprint density at radius 3 is 3.40 bits per heavy atom. The predicted molar refractivity (Wildman–Crippen MR) is 34.4 cm³/mol. The van der Waals surface area contributed by atoms with Crippen LogP contribution in [0.25, 0.3) is 6.08 Å². The molecule has 0 bridgehead atoms. The highest BCUT2D eigenvalue weighted by molar-refractivity contribution is 5.53. The molecule has 0 saturated heterocycles. The maximum absolute atomic E-state index is 5.17. The third kappa shape index (κ3) is 0.737. The lowest BCUT2D eigenvalue weighted by molar-refractivity contribution is 0.352. The number of fused-ring (bicyclic) bond motifs is 1. The van der Waals surface area contributed by atoms with Crippen molar-refractivity contribution in [2.24, 2.45) is 0 Å². The summed E-state index contributed by atoms with van der Waals surface area (Å²) in [6.45, 7) is 0.598. The van der Waals surface area contributed by atoms with E-state index >= 15 is 0 Å². The Kier molecular flexibility index (Phi) is 1.10. The van der Waals surface area contributed by atoms with Crippen LogP contribution in [-0.4, -0.2) is 22.0 Å². The molecule has 0 N–H and O–H groups in total. The third-order valence-electron chi connectivity index (χ3n) is 1.24. The van der Waals surface area contributed by atoms with Crippen molar-refractivity contribution in [2.45, 2.75) is 0 Å². The zero-order valence-electron chi connectivity index (χ0n) is 5.19. The largest absolute Gasteiger partial charge is 0.485 e. The number of ether oxygens (including phenoxy) is 1. The van der Waals surface area contributed by atoms with Gasteiger partial charge in [0.15, 0.2) is 5.75 Å². The van der Waals surface area contributed by atoms with E-state index in [-0.39, 0.29) is 0 Å². The summed E-state index contributed by atoms with van der Waals surface area (Å²) in [6.07, 6.45) is 5.32. The van der Waals surface area contributed by atoms with Crippen LogP contribution in [0.4, 0.5) is 0 Å². The lowest BCUT2D eigenvalue weighted by atomic mass is 10.3. The van der Waals surface area contributed by atoms with E-state index in [2.05, 4.69) is 15.4 Å². The van der Waals surface area contributed by atoms with E-state index in [1.807, 2.05) is 12.2 Å². The SMILES string of the molecule is C1=Cc2nnncc2OC1. The first-order valence-corrected chi connectivity index (χ1v) is 2.94. The summed E-state index contributed by atoms with van der Waals surface area (Å²) in [5.74, 6) is 0.706. The van der Waals surface area contributed by atoms with Crippen molar-refractivity contribution in [3.8, 4) is 5.75 Å². The van der Waals surface area contributed by atoms with Gasteiger partial charge in [-0.3, -0.25) is 0 Å². The van der Waals surface area contributed by atoms with Crippen LogP contribution in [0.5, 0.6) is 5.75 Å². The Bertz CT molecular complexity index is 271. The Morgan fingerprint density at radius 2 is 2.50 bits per heavy atom. The summed E-state index contributed by atoms with van der Waals surface area (Å²) in [5.41, 5.74) is 0.751. The van der Waals surface area contributed by atoms with Crippen molar-refractivity contribution < 1.29 is 4.74 Å². The summed E-state index contributed by atoms with van der Waals surface area (Å²) in [6, 6.07) is 0. The van der Waals surface area contributed by atoms with Gasteiger partial charge >= 0.3 is 0 Å². The maximum atomic E-state index is 5.17. The lowest BCUT2D eigenvalue weighted by Gasteiger charge is -2.07. The van der Waals surface area contributed by atoms with E-state index in [1.165, 1.54) is 0 Å². The summed E-state index contributed by atoms with van der Waals surface area (Å²) >= 11 is 0. The molecule has 0 amide bonds. The van der Waals surface area contributed by atoms with Crippen LogP contribution >= 0.6 is 0 Å². The van der Waals surface area contributed by atoms with Crippen LogP contribution in [0.2, 0.25) is 0 Å². The number of aromatic nitrogens is 3. The van der Waals surface area contributed by atoms with Crippen molar-refractivity contribution in [2.75, 3.05) is 6.61 Å². The van der Waals surface area contributed by atoms with E-state index in [0.29, 0.717) is 12.4 Å². The summed E-state index contributed by atoms with van der Waals surface area (Å²) in [4.78, 5) is 0. The van der Waals surface area contributed by atoms with Gasteiger partial charge in [-0.05, 0) is 17.4 Å². The maximum Gasteiger partial charge on any atom is 0.167 e. The molecule has 0 saturated carbocycles. The average molecular weight is 135 g/mol. The topological polar surface area (TPSA) is 47.9 Å². The van der Waals surface area contributed by atoms with Gasteiger partial charge in [-0.1, -0.05) is 0 Å². The van der Waals surface area contributed by atoms with Crippen molar-refractivity contribution in [1.29, 1.82) is 0 Å². The smallest absolute Gasteiger partial charge is 0.167 e. The van der Waals surface area contributed by atoms with Crippen LogP contribution in [0, 0.1) is 0 Å². The fourth-order valence-corrected chi connectivity index (χ4v) is 0.792. The van der Waals surface area contributed by atoms with Crippen molar-refractivity contribution >= 4 is 6.08 Å². The Morgan fingerprint density at radius 1 is 1.50 bits per heavy atom. The monoisotopic (exact) mass is 135 g/mol. The second-order valence-corrected chi connectivity index (χ2v) is 1.90. The van der Waals surface area contributed by atoms with Gasteiger partial charge in [0.05, 0.1) is 6.20 Å². The highest BCUT2D eigenvalue weighted by Gasteiger charge is 2.05. The molecule has 1 aliphatic heterocycles. The molecule has 4 nitrogen and oxygen atoms in total. The molecule has 2 rings (SSSR count). The average Bonchev–Trinajstić information content (AvgIpc) is 2.05. The molecule has 10 heavy (non-hydrogen) atoms. The molecule has 0 radical (unpaired) electrons. The first-order valence-electron chi connectivity index (χ1n) is 2.94. The van der Waals surface area contributed by atoms with Crippen LogP contribution in [0.15, 0.2) is 12.3 Å². The molecule has 0 spiro atoms. The fraction of sp³-hybridized carbons (Fsp3) is 0.167. The molecule has 1 aliphatic rings. The number of nitrogens with zero attached hydrogens (tertiary/aromatic N) is 3. The van der Waals surface area contributed by atoms with Crippen molar-refractivity contribution in [3.63, 3.8) is 0 Å². The van der Waals surface area contributed by atoms with E-state index in [9.17, 15) is 0 Å². The van der Waals surface area contributed by atoms with E-state index < -0.39 is 0 Å². The Labute approximate surface area is 57.5 Å². The van der Waals surface area contributed by atoms with Crippen LogP contribution in [-0.2, 0) is 0 Å². The molecular formula is C6H5N3O. The van der Waals surface area contributed by atoms with E-state index in [4.69, 9.17) is 4.74 Å². The van der Waals surface area contributed by atoms with Gasteiger partial charge in [-0.15, -0.1) is 10.2 Å². The molecule has 4 heteroatoms. The second-order valence-electron chi connectivity index (χ2n) is 1.90. The van der Waals surface area contributed by atoms with E-state index in [1.54, 1.807) is 6.20 Å². The van der Waals surface area contributed by atoms with Gasteiger partial charge in [-0.25, -0.2) is 0 Å². The second kappa shape index (κ2) is 2.06. The summed E-state index contributed by atoms with van der Waals surface area (Å²) in [7, 11) is 0. The van der Waals surface area contributed by atoms with Crippen LogP contribution in [0.3, 0.4) is 0 Å². The fourth-order valence-electron chi connectivity index (χ4n) is 0.792. The van der Waals surface area contributed by atoms with Gasteiger partial charge in [0.1, 0.15) is 12.3 Å². The van der Waals surface area contributed by atoms with Gasteiger partial charge in [-0.2, -0.15) is 0 Å². The third-order valence-corrected chi connectivity index (χ3v) is 1.24. The molecule has 0 fully saturated rings. The Balaban J connectivity index is 2.54. The normalized spacial score (nSPS) is 14.0. The standard InChI is InChI=1S/C6H5N3O/c1-2-5-6(10-3-1)4-7-9-8-5/h1-2,4H,3H2. The molecule has 50 valence electrons. The zero-order valence-corrected chi connectivity index (χ0v) is 5.19. The lowest BCUT2D eigenvalue weighted by Crippen LogP contribution is -2.03. The quantitative estimate of drug-likeness (QED) is 0.512. The molecular weight excluding hydrogens is 130 g/mol. The van der Waals surface area contributed by atoms with Gasteiger partial charge < -0.3 is 4.74 Å². The number of rotatable bonds is 0. The number of hydrogen-bond acceptors (Lipinski definition) is 4. The minimum atomic E-state index is 0.598. The number of hydrogen-bond donors (Lipinski definition) is 0. The highest BCUT2D eigenvalue weighted by atomic mass is 16.5. The van der Waals surface area contributed by atoms with Gasteiger partial charge in [0.25, 0.3) is 0 Å². The van der Waals surface area contributed by atoms with Crippen molar-refractivity contribution in [3.05, 3.63) is 18.0 Å². The first kappa shape index (κ1) is 5.34. The minimum Gasteiger partial charge on any atom is -0.485 e. The van der Waals surface area contributed by atoms with Crippen LogP contribution in [0.1, 0.15) is 5.69 Å². The van der Waals surface area contributed by atoms with E-state index in [0.717, 1.165) is 5.69 Å². The first-order chi connectivity index (χ1) is 4.97. The zero-order chi connectivity index (χ0) is 6.81. The van der Waals surface area contributed by atoms with Gasteiger partial charge in [0, 0.05) is 0 Å².